The van der Waals surface area contributed by atoms with Crippen molar-refractivity contribution in [3.63, 3.8) is 0 Å². The third-order valence-corrected chi connectivity index (χ3v) is 6.02. The molecule has 3 aromatic rings. The van der Waals surface area contributed by atoms with Crippen LogP contribution in [0.1, 0.15) is 4.79 Å². The molecule has 2 aliphatic heterocycles. The molecule has 168 valence electrons. The van der Waals surface area contributed by atoms with E-state index in [2.05, 4.69) is 26.8 Å². The number of likely N-dealkylation sites (N-methyl/N-ethyl adjacent to an activating group) is 1. The normalized spacial score (nSPS) is 18.3. The fourth-order valence-electron chi connectivity index (χ4n) is 4.12. The van der Waals surface area contributed by atoms with E-state index < -0.39 is 0 Å². The lowest BCUT2D eigenvalue weighted by Gasteiger charge is -2.31. The van der Waals surface area contributed by atoms with Crippen LogP contribution in [0.2, 0.25) is 0 Å². The molecule has 0 atom stereocenters. The summed E-state index contributed by atoms with van der Waals surface area (Å²) >= 11 is 0. The lowest BCUT2D eigenvalue weighted by molar-refractivity contribution is 0.0785. The lowest BCUT2D eigenvalue weighted by atomic mass is 10.1. The molecule has 10 heteroatoms. The van der Waals surface area contributed by atoms with E-state index in [1.807, 2.05) is 6.07 Å². The van der Waals surface area contributed by atoms with Crippen molar-refractivity contribution in [2.45, 2.75) is 0 Å². The van der Waals surface area contributed by atoms with Gasteiger partial charge in [0.25, 0.3) is 5.91 Å². The number of morpholine rings is 1. The van der Waals surface area contributed by atoms with E-state index in [-0.39, 0.29) is 11.7 Å². The Kier molecular flexibility index (Phi) is 5.73. The summed E-state index contributed by atoms with van der Waals surface area (Å²) in [6.07, 6.45) is 1.64. The van der Waals surface area contributed by atoms with Gasteiger partial charge in [-0.05, 0) is 19.2 Å². The highest BCUT2D eigenvalue weighted by Gasteiger charge is 2.24. The van der Waals surface area contributed by atoms with E-state index in [1.165, 1.54) is 4.68 Å². The highest BCUT2D eigenvalue weighted by Crippen LogP contribution is 2.30. The van der Waals surface area contributed by atoms with E-state index in [9.17, 15) is 9.90 Å². The number of benzene rings is 1. The quantitative estimate of drug-likeness (QED) is 0.639. The highest BCUT2D eigenvalue weighted by molar-refractivity contribution is 5.96. The molecule has 1 N–H and O–H groups in total. The van der Waals surface area contributed by atoms with Gasteiger partial charge < -0.3 is 19.6 Å². The first kappa shape index (κ1) is 20.8. The van der Waals surface area contributed by atoms with E-state index >= 15 is 0 Å². The number of rotatable bonds is 4. The van der Waals surface area contributed by atoms with Crippen LogP contribution < -0.4 is 4.90 Å². The molecule has 0 saturated carbocycles. The molecule has 2 aromatic heterocycles. The van der Waals surface area contributed by atoms with Crippen LogP contribution in [0.25, 0.3) is 22.3 Å². The summed E-state index contributed by atoms with van der Waals surface area (Å²) in [7, 11) is 2.09. The van der Waals surface area contributed by atoms with Crippen LogP contribution in [-0.2, 0) is 4.74 Å². The van der Waals surface area contributed by atoms with Crippen molar-refractivity contribution in [3.05, 3.63) is 30.5 Å². The van der Waals surface area contributed by atoms with Crippen LogP contribution in [0.4, 0.5) is 5.95 Å². The van der Waals surface area contributed by atoms with Crippen molar-refractivity contribution in [1.29, 1.82) is 0 Å². The molecule has 4 heterocycles. The predicted molar refractivity (Wildman–Crippen MR) is 120 cm³/mol. The summed E-state index contributed by atoms with van der Waals surface area (Å²) in [6, 6.07) is 6.94. The number of carbonyl (C=O) groups excluding carboxylic acids is 1. The van der Waals surface area contributed by atoms with E-state index in [0.717, 1.165) is 31.7 Å². The van der Waals surface area contributed by atoms with Gasteiger partial charge in [-0.1, -0.05) is 12.1 Å². The summed E-state index contributed by atoms with van der Waals surface area (Å²) in [6.45, 7) is 6.44. The minimum atomic E-state index is -0.113. The number of carbonyl (C=O) groups is 1. The Balaban J connectivity index is 1.54. The average Bonchev–Trinajstić information content (AvgIpc) is 3.25. The molecular weight excluding hydrogens is 410 g/mol. The summed E-state index contributed by atoms with van der Waals surface area (Å²) in [5.41, 5.74) is 1.88. The molecule has 1 aromatic carbocycles. The Morgan fingerprint density at radius 1 is 1.09 bits per heavy atom. The number of phenols is 1. The summed E-state index contributed by atoms with van der Waals surface area (Å²) in [5.74, 6) is 0.576. The Bertz CT molecular complexity index is 1120. The van der Waals surface area contributed by atoms with E-state index in [0.29, 0.717) is 55.5 Å². The van der Waals surface area contributed by atoms with Crippen LogP contribution in [0.15, 0.2) is 30.5 Å². The van der Waals surface area contributed by atoms with Gasteiger partial charge in [0.15, 0.2) is 5.65 Å². The molecule has 0 spiro atoms. The number of ether oxygens (including phenoxy) is 1. The Hall–Kier alpha value is -3.08. The molecule has 2 saturated heterocycles. The predicted octanol–water partition coefficient (Wildman–Crippen LogP) is 0.923. The fourth-order valence-corrected chi connectivity index (χ4v) is 4.12. The van der Waals surface area contributed by atoms with Gasteiger partial charge in [-0.2, -0.15) is 14.8 Å². The van der Waals surface area contributed by atoms with Crippen LogP contribution in [0.5, 0.6) is 5.75 Å². The zero-order chi connectivity index (χ0) is 22.1. The van der Waals surface area contributed by atoms with Crippen molar-refractivity contribution in [2.75, 3.05) is 71.0 Å². The van der Waals surface area contributed by atoms with Crippen molar-refractivity contribution < 1.29 is 14.6 Å². The smallest absolute Gasteiger partial charge is 0.263 e. The van der Waals surface area contributed by atoms with Crippen LogP contribution in [0, 0.1) is 0 Å². The van der Waals surface area contributed by atoms with Crippen LogP contribution in [-0.4, -0.2) is 107 Å². The Morgan fingerprint density at radius 3 is 2.62 bits per heavy atom. The highest BCUT2D eigenvalue weighted by atomic mass is 16.5. The maximum Gasteiger partial charge on any atom is 0.263 e. The second-order valence-corrected chi connectivity index (χ2v) is 8.29. The van der Waals surface area contributed by atoms with Gasteiger partial charge in [0.2, 0.25) is 5.95 Å². The largest absolute Gasteiger partial charge is 0.508 e. The van der Waals surface area contributed by atoms with Crippen LogP contribution in [0.3, 0.4) is 0 Å². The van der Waals surface area contributed by atoms with Crippen LogP contribution >= 0.6 is 0 Å². The molecule has 0 amide bonds. The summed E-state index contributed by atoms with van der Waals surface area (Å²) < 4.78 is 6.86. The van der Waals surface area contributed by atoms with Gasteiger partial charge in [-0.3, -0.25) is 9.69 Å². The molecule has 0 aliphatic carbocycles. The molecule has 0 unspecified atom stereocenters. The SMILES string of the molecule is CN1CCN(CC(=O)n2ncc3c(-c4cccc(O)c4)nc(N4CCOCC4)nc32)CC1. The van der Waals surface area contributed by atoms with Gasteiger partial charge in [0, 0.05) is 44.8 Å². The number of aromatic hydroxyl groups is 1. The zero-order valence-corrected chi connectivity index (χ0v) is 18.1. The topological polar surface area (TPSA) is 99.9 Å². The third-order valence-electron chi connectivity index (χ3n) is 6.02. The molecule has 0 bridgehead atoms. The third kappa shape index (κ3) is 4.16. The van der Waals surface area contributed by atoms with Crippen molar-refractivity contribution in [2.24, 2.45) is 0 Å². The number of hydrogen-bond acceptors (Lipinski definition) is 9. The summed E-state index contributed by atoms with van der Waals surface area (Å²) in [5, 5.41) is 15.1. The molecule has 2 fully saturated rings. The Labute approximate surface area is 186 Å². The van der Waals surface area contributed by atoms with Crippen molar-refractivity contribution in [3.8, 4) is 17.0 Å². The average molecular weight is 438 g/mol. The van der Waals surface area contributed by atoms with Crippen molar-refractivity contribution in [1.82, 2.24) is 29.5 Å². The maximum absolute atomic E-state index is 13.2. The van der Waals surface area contributed by atoms with Gasteiger partial charge in [0.05, 0.1) is 37.0 Å². The first-order valence-electron chi connectivity index (χ1n) is 10.9. The number of fused-ring (bicyclic) bond motifs is 1. The van der Waals surface area contributed by atoms with E-state index in [4.69, 9.17) is 14.7 Å². The Morgan fingerprint density at radius 2 is 1.88 bits per heavy atom. The minimum absolute atomic E-state index is 0.113. The number of aromatic nitrogens is 4. The lowest BCUT2D eigenvalue weighted by Crippen LogP contribution is -2.47. The maximum atomic E-state index is 13.2. The molecule has 5 rings (SSSR count). The number of phenolic OH excluding ortho intramolecular Hbond substituents is 1. The van der Waals surface area contributed by atoms with Gasteiger partial charge in [0.1, 0.15) is 5.75 Å². The monoisotopic (exact) mass is 437 g/mol. The molecular formula is C22H27N7O3. The molecule has 10 nitrogen and oxygen atoms in total. The number of anilines is 1. The first-order valence-corrected chi connectivity index (χ1v) is 10.9. The van der Waals surface area contributed by atoms with E-state index in [1.54, 1.807) is 24.4 Å². The first-order chi connectivity index (χ1) is 15.6. The fraction of sp³-hybridized carbons (Fsp3) is 0.455. The van der Waals surface area contributed by atoms with Gasteiger partial charge in [-0.25, -0.2) is 4.98 Å². The molecule has 2 aliphatic rings. The van der Waals surface area contributed by atoms with Gasteiger partial charge in [-0.15, -0.1) is 0 Å². The van der Waals surface area contributed by atoms with Crippen molar-refractivity contribution >= 4 is 22.9 Å². The minimum Gasteiger partial charge on any atom is -0.508 e. The summed E-state index contributed by atoms with van der Waals surface area (Å²) in [4.78, 5) is 29.2. The second kappa shape index (κ2) is 8.81. The molecule has 0 radical (unpaired) electrons. The second-order valence-electron chi connectivity index (χ2n) is 8.29. The zero-order valence-electron chi connectivity index (χ0n) is 18.1. The molecule has 32 heavy (non-hydrogen) atoms. The number of nitrogens with zero attached hydrogens (tertiary/aromatic N) is 7. The number of hydrogen-bond donors (Lipinski definition) is 1. The van der Waals surface area contributed by atoms with Gasteiger partial charge >= 0.3 is 0 Å². The standard InChI is InChI=1S/C22H27N7O3/c1-26-5-7-27(8-6-26)15-19(31)29-21-18(14-23-29)20(16-3-2-4-17(30)13-16)24-22(25-21)28-9-11-32-12-10-28/h2-4,13-14,30H,5-12,15H2,1H3. The number of piperazine rings is 1.